The molecule has 3 nitrogen and oxygen atoms in total. The van der Waals surface area contributed by atoms with E-state index in [0.717, 1.165) is 5.69 Å². The lowest BCUT2D eigenvalue weighted by Crippen LogP contribution is -2.04. The summed E-state index contributed by atoms with van der Waals surface area (Å²) in [6.07, 6.45) is 1.60. The van der Waals surface area contributed by atoms with Crippen LogP contribution in [-0.2, 0) is 0 Å². The zero-order valence-corrected chi connectivity index (χ0v) is 9.50. The lowest BCUT2D eigenvalue weighted by molar-refractivity contribution is 0.222. The normalized spacial score (nSPS) is 11.5. The van der Waals surface area contributed by atoms with Crippen molar-refractivity contribution in [2.24, 2.45) is 0 Å². The fraction of sp³-hybridized carbons (Fsp3) is 0.143. The molecule has 1 atom stereocenters. The molecule has 0 saturated heterocycles. The number of benzene rings is 1. The fourth-order valence-electron chi connectivity index (χ4n) is 1.52. The highest BCUT2D eigenvalue weighted by Crippen LogP contribution is 2.20. The first-order valence-electron chi connectivity index (χ1n) is 5.37. The predicted octanol–water partition coefficient (Wildman–Crippen LogP) is 3.09. The van der Waals surface area contributed by atoms with Crippen LogP contribution in [0.5, 0.6) is 5.75 Å². The number of hydrogen-bond acceptors (Lipinski definition) is 3. The van der Waals surface area contributed by atoms with Gasteiger partial charge in [0.2, 0.25) is 0 Å². The third-order valence-corrected chi connectivity index (χ3v) is 2.38. The molecule has 0 N–H and O–H groups in total. The number of rotatable bonds is 3. The van der Waals surface area contributed by atoms with Gasteiger partial charge >= 0.3 is 0 Å². The number of pyridine rings is 1. The van der Waals surface area contributed by atoms with Crippen LogP contribution in [0.4, 0.5) is 0 Å². The minimum absolute atomic E-state index is 0.134. The molecule has 0 aliphatic rings. The molecule has 1 aromatic heterocycles. The van der Waals surface area contributed by atoms with Gasteiger partial charge in [-0.1, -0.05) is 12.1 Å². The van der Waals surface area contributed by atoms with Crippen molar-refractivity contribution >= 4 is 0 Å². The van der Waals surface area contributed by atoms with Gasteiger partial charge in [-0.25, -0.2) is 0 Å². The van der Waals surface area contributed by atoms with Gasteiger partial charge in [0.15, 0.2) is 0 Å². The van der Waals surface area contributed by atoms with Crippen molar-refractivity contribution in [3.05, 3.63) is 59.9 Å². The molecule has 0 spiro atoms. The largest absolute Gasteiger partial charge is 0.484 e. The van der Waals surface area contributed by atoms with Gasteiger partial charge in [0, 0.05) is 6.20 Å². The highest BCUT2D eigenvalue weighted by atomic mass is 16.5. The minimum Gasteiger partial charge on any atom is -0.484 e. The third-order valence-electron chi connectivity index (χ3n) is 2.38. The van der Waals surface area contributed by atoms with Crippen molar-refractivity contribution in [1.82, 2.24) is 4.98 Å². The van der Waals surface area contributed by atoms with E-state index in [2.05, 4.69) is 11.1 Å². The molecule has 84 valence electrons. The van der Waals surface area contributed by atoms with Crippen LogP contribution in [0, 0.1) is 11.3 Å². The summed E-state index contributed by atoms with van der Waals surface area (Å²) in [5, 5.41) is 8.80. The van der Waals surface area contributed by atoms with Gasteiger partial charge in [-0.15, -0.1) is 0 Å². The van der Waals surface area contributed by atoms with E-state index >= 15 is 0 Å². The Hall–Kier alpha value is -2.34. The van der Waals surface area contributed by atoms with Gasteiger partial charge in [0.05, 0.1) is 17.3 Å². The Bertz CT molecular complexity index is 531. The second-order valence-electron chi connectivity index (χ2n) is 3.65. The van der Waals surface area contributed by atoms with E-state index in [1.54, 1.807) is 24.4 Å². The van der Waals surface area contributed by atoms with E-state index in [-0.39, 0.29) is 6.10 Å². The molecule has 0 radical (unpaired) electrons. The number of ether oxygens (including phenoxy) is 1. The molecule has 0 fully saturated rings. The lowest BCUT2D eigenvalue weighted by Gasteiger charge is -2.13. The van der Waals surface area contributed by atoms with Gasteiger partial charge in [0.25, 0.3) is 0 Å². The van der Waals surface area contributed by atoms with Gasteiger partial charge < -0.3 is 4.74 Å². The van der Waals surface area contributed by atoms with E-state index < -0.39 is 0 Å². The maximum atomic E-state index is 8.80. The van der Waals surface area contributed by atoms with Crippen LogP contribution in [0.1, 0.15) is 24.3 Å². The van der Waals surface area contributed by atoms with Crippen molar-refractivity contribution in [2.45, 2.75) is 13.0 Å². The van der Waals surface area contributed by atoms with Crippen LogP contribution in [0.15, 0.2) is 48.7 Å². The van der Waals surface area contributed by atoms with E-state index in [0.29, 0.717) is 11.3 Å². The van der Waals surface area contributed by atoms with Gasteiger partial charge in [-0.3, -0.25) is 4.98 Å². The summed E-state index contributed by atoms with van der Waals surface area (Å²) in [4.78, 5) is 4.23. The van der Waals surface area contributed by atoms with Gasteiger partial charge in [-0.2, -0.15) is 5.26 Å². The topological polar surface area (TPSA) is 45.9 Å². The van der Waals surface area contributed by atoms with Crippen molar-refractivity contribution < 1.29 is 4.74 Å². The first-order chi connectivity index (χ1) is 8.29. The first-order valence-corrected chi connectivity index (χ1v) is 5.37. The second-order valence-corrected chi connectivity index (χ2v) is 3.65. The quantitative estimate of drug-likeness (QED) is 0.804. The zero-order valence-electron chi connectivity index (χ0n) is 9.50. The fourth-order valence-corrected chi connectivity index (χ4v) is 1.52. The van der Waals surface area contributed by atoms with Crippen LogP contribution in [0.25, 0.3) is 0 Å². The maximum Gasteiger partial charge on any atom is 0.138 e. The van der Waals surface area contributed by atoms with Crippen LogP contribution >= 0.6 is 0 Å². The molecule has 2 aromatic rings. The highest BCUT2D eigenvalue weighted by Gasteiger charge is 2.08. The molecule has 0 aliphatic heterocycles. The Balaban J connectivity index is 2.13. The predicted molar refractivity (Wildman–Crippen MR) is 64.4 cm³/mol. The zero-order chi connectivity index (χ0) is 12.1. The molecule has 0 bridgehead atoms. The average molecular weight is 224 g/mol. The summed E-state index contributed by atoms with van der Waals surface area (Å²) in [6.45, 7) is 1.93. The Morgan fingerprint density at radius 1 is 1.24 bits per heavy atom. The molecule has 0 aliphatic carbocycles. The molecular weight excluding hydrogens is 212 g/mol. The first kappa shape index (κ1) is 11.2. The Kier molecular flexibility index (Phi) is 3.37. The van der Waals surface area contributed by atoms with Crippen LogP contribution in [0.3, 0.4) is 0 Å². The molecule has 0 saturated carbocycles. The molecule has 3 heteroatoms. The lowest BCUT2D eigenvalue weighted by atomic mass is 10.2. The Morgan fingerprint density at radius 2 is 2.12 bits per heavy atom. The van der Waals surface area contributed by atoms with Gasteiger partial charge in [0.1, 0.15) is 11.9 Å². The summed E-state index contributed by atoms with van der Waals surface area (Å²) in [5.41, 5.74) is 1.46. The van der Waals surface area contributed by atoms with Crippen LogP contribution in [-0.4, -0.2) is 4.98 Å². The van der Waals surface area contributed by atoms with Crippen molar-refractivity contribution in [1.29, 1.82) is 5.26 Å². The van der Waals surface area contributed by atoms with Gasteiger partial charge in [-0.05, 0) is 37.3 Å². The standard InChI is InChI=1S/C14H12N2O/c1-11(14-7-2-3-8-16-14)17-13-6-4-5-12(9-13)10-15/h2-9,11H,1H3. The Morgan fingerprint density at radius 3 is 2.82 bits per heavy atom. The third kappa shape index (κ3) is 2.82. The summed E-state index contributed by atoms with van der Waals surface area (Å²) >= 11 is 0. The van der Waals surface area contributed by atoms with Crippen LogP contribution < -0.4 is 4.74 Å². The minimum atomic E-state index is -0.134. The summed E-state index contributed by atoms with van der Waals surface area (Å²) in [6, 6.07) is 14.9. The van der Waals surface area contributed by atoms with Crippen molar-refractivity contribution in [2.75, 3.05) is 0 Å². The summed E-state index contributed by atoms with van der Waals surface area (Å²) in [7, 11) is 0. The molecule has 1 unspecified atom stereocenters. The number of nitriles is 1. The number of nitrogens with zero attached hydrogens (tertiary/aromatic N) is 2. The monoisotopic (exact) mass is 224 g/mol. The summed E-state index contributed by atoms with van der Waals surface area (Å²) in [5.74, 6) is 0.683. The maximum absolute atomic E-state index is 8.80. The van der Waals surface area contributed by atoms with Crippen molar-refractivity contribution in [3.63, 3.8) is 0 Å². The van der Waals surface area contributed by atoms with E-state index in [9.17, 15) is 0 Å². The Labute approximate surface area is 100 Å². The smallest absolute Gasteiger partial charge is 0.138 e. The molecule has 1 heterocycles. The number of hydrogen-bond donors (Lipinski definition) is 0. The molecule has 2 rings (SSSR count). The van der Waals surface area contributed by atoms with E-state index in [4.69, 9.17) is 10.00 Å². The van der Waals surface area contributed by atoms with E-state index in [1.807, 2.05) is 31.2 Å². The van der Waals surface area contributed by atoms with Crippen LogP contribution in [0.2, 0.25) is 0 Å². The highest BCUT2D eigenvalue weighted by molar-refractivity contribution is 5.36. The average Bonchev–Trinajstić information content (AvgIpc) is 2.40. The molecule has 17 heavy (non-hydrogen) atoms. The van der Waals surface area contributed by atoms with Crippen molar-refractivity contribution in [3.8, 4) is 11.8 Å². The molecular formula is C14H12N2O. The SMILES string of the molecule is CC(Oc1cccc(C#N)c1)c1ccccn1. The number of aromatic nitrogens is 1. The second kappa shape index (κ2) is 5.13. The molecule has 1 aromatic carbocycles. The summed E-state index contributed by atoms with van der Waals surface area (Å²) < 4.78 is 5.73. The molecule has 0 amide bonds. The van der Waals surface area contributed by atoms with E-state index in [1.165, 1.54) is 0 Å².